The normalized spacial score (nSPS) is 19.9. The average Bonchev–Trinajstić information content (AvgIpc) is 3.43. The van der Waals surface area contributed by atoms with Gasteiger partial charge in [0.25, 0.3) is 5.56 Å². The molecule has 0 aliphatic carbocycles. The van der Waals surface area contributed by atoms with Gasteiger partial charge in [-0.1, -0.05) is 117 Å². The van der Waals surface area contributed by atoms with Crippen molar-refractivity contribution >= 4 is 19.6 Å². The molecule has 48 heavy (non-hydrogen) atoms. The summed E-state index contributed by atoms with van der Waals surface area (Å²) in [5.74, 6) is 1.64. The van der Waals surface area contributed by atoms with Crippen LogP contribution in [0.4, 0.5) is 4.39 Å². The third kappa shape index (κ3) is 18.8. The van der Waals surface area contributed by atoms with Gasteiger partial charge in [-0.2, -0.15) is 11.8 Å². The van der Waals surface area contributed by atoms with Gasteiger partial charge in [0, 0.05) is 30.5 Å². The van der Waals surface area contributed by atoms with Crippen LogP contribution >= 0.6 is 19.6 Å². The van der Waals surface area contributed by atoms with E-state index in [9.17, 15) is 23.4 Å². The number of rotatable bonds is 30. The largest absolute Gasteiger partial charge is 0.472 e. The van der Waals surface area contributed by atoms with Crippen molar-refractivity contribution < 1.29 is 32.4 Å². The molecule has 0 radical (unpaired) electrons. The Kier molecular flexibility index (Phi) is 23.3. The number of nitrogens with one attached hydrogen (secondary N) is 1. The third-order valence-corrected chi connectivity index (χ3v) is 10.9. The number of hydrogen-bond acceptors (Lipinski definition) is 8. The number of H-pyrrole nitrogens is 1. The molecule has 2 unspecified atom stereocenters. The van der Waals surface area contributed by atoms with Crippen LogP contribution < -0.4 is 11.2 Å². The van der Waals surface area contributed by atoms with E-state index in [0.29, 0.717) is 12.4 Å². The maximum atomic E-state index is 14.7. The molecular formula is C35H64FN2O8PS. The lowest BCUT2D eigenvalue weighted by Gasteiger charge is -2.21. The zero-order valence-electron chi connectivity index (χ0n) is 29.8. The van der Waals surface area contributed by atoms with Crippen LogP contribution in [0.15, 0.2) is 15.8 Å². The van der Waals surface area contributed by atoms with Gasteiger partial charge in [0.15, 0.2) is 0 Å². The van der Waals surface area contributed by atoms with Crippen molar-refractivity contribution in [2.45, 2.75) is 167 Å². The van der Waals surface area contributed by atoms with Gasteiger partial charge in [0.2, 0.25) is 0 Å². The van der Waals surface area contributed by atoms with Crippen LogP contribution in [0.5, 0.6) is 0 Å². The molecular weight excluding hydrogens is 658 g/mol. The predicted molar refractivity (Wildman–Crippen MR) is 193 cm³/mol. The fraction of sp³-hybridized carbons (Fsp3) is 0.886. The number of alkyl halides is 1. The van der Waals surface area contributed by atoms with Gasteiger partial charge in [-0.3, -0.25) is 23.4 Å². The molecule has 1 fully saturated rings. The van der Waals surface area contributed by atoms with Gasteiger partial charge >= 0.3 is 13.5 Å². The topological polar surface area (TPSA) is 129 Å². The standard InChI is InChI=1S/C35H64FN2O8PS/c1-4-6-8-10-12-14-15-17-19-21-23-48-28-30(43-22-20-18-16-13-11-9-7-5-2)26-44-47(41,42)45-27-32-31(36)24-33(46-32)38-25-29(3)34(39)37-35(38)40/h25,30-33H,4-24,26-28H2,1-3H3,(H,41,42)(H,37,39,40)/t30?,31-,32+,33+/m0/s1. The van der Waals surface area contributed by atoms with Crippen molar-refractivity contribution in [2.75, 3.05) is 31.3 Å². The summed E-state index contributed by atoms with van der Waals surface area (Å²) < 4.78 is 50.8. The molecule has 1 saturated heterocycles. The number of halogens is 1. The highest BCUT2D eigenvalue weighted by atomic mass is 32.2. The minimum Gasteiger partial charge on any atom is -0.375 e. The number of nitrogens with zero attached hydrogens (tertiary/aromatic N) is 1. The molecule has 1 aliphatic heterocycles. The summed E-state index contributed by atoms with van der Waals surface area (Å²) in [4.78, 5) is 36.4. The number of phosphoric acid groups is 1. The second kappa shape index (κ2) is 25.9. The quantitative estimate of drug-likeness (QED) is 0.0591. The first-order valence-corrected chi connectivity index (χ1v) is 21.2. The SMILES string of the molecule is CCCCCCCCCCCCSCC(COP(=O)(O)OC[C@H]1O[C@@H](n2cc(C)c(=O)[nH]c2=O)C[C@@H]1F)OCCCCCCCCCC. The molecule has 0 amide bonds. The number of aromatic amines is 1. The van der Waals surface area contributed by atoms with E-state index in [-0.39, 0.29) is 24.7 Å². The maximum Gasteiger partial charge on any atom is 0.472 e. The molecule has 0 aromatic carbocycles. The van der Waals surface area contributed by atoms with Crippen molar-refractivity contribution in [3.63, 3.8) is 0 Å². The number of unbranched alkanes of at least 4 members (excludes halogenated alkanes) is 16. The Morgan fingerprint density at radius 2 is 1.50 bits per heavy atom. The number of hydrogen-bond donors (Lipinski definition) is 2. The van der Waals surface area contributed by atoms with Crippen LogP contribution in [0, 0.1) is 6.92 Å². The van der Waals surface area contributed by atoms with Gasteiger partial charge in [0.1, 0.15) is 18.5 Å². The first kappa shape index (κ1) is 43.2. The van der Waals surface area contributed by atoms with Crippen LogP contribution in [0.1, 0.15) is 148 Å². The summed E-state index contributed by atoms with van der Waals surface area (Å²) in [6, 6.07) is 0. The van der Waals surface area contributed by atoms with E-state index in [1.54, 1.807) is 11.8 Å². The lowest BCUT2D eigenvalue weighted by Crippen LogP contribution is -2.33. The third-order valence-electron chi connectivity index (χ3n) is 8.74. The molecule has 1 aliphatic rings. The van der Waals surface area contributed by atoms with Crippen molar-refractivity contribution in [3.05, 3.63) is 32.6 Å². The number of thioether (sulfide) groups is 1. The summed E-state index contributed by atoms with van der Waals surface area (Å²) in [6.45, 7) is 5.90. The monoisotopic (exact) mass is 722 g/mol. The minimum atomic E-state index is -4.53. The van der Waals surface area contributed by atoms with Crippen LogP contribution in [-0.2, 0) is 23.1 Å². The van der Waals surface area contributed by atoms with Crippen molar-refractivity contribution in [1.29, 1.82) is 0 Å². The summed E-state index contributed by atoms with van der Waals surface area (Å²) >= 11 is 1.77. The smallest absolute Gasteiger partial charge is 0.375 e. The van der Waals surface area contributed by atoms with Crippen molar-refractivity contribution in [1.82, 2.24) is 9.55 Å². The van der Waals surface area contributed by atoms with E-state index < -0.39 is 44.2 Å². The molecule has 2 N–H and O–H groups in total. The Balaban J connectivity index is 1.74. The van der Waals surface area contributed by atoms with Crippen LogP contribution in [0.3, 0.4) is 0 Å². The van der Waals surface area contributed by atoms with Gasteiger partial charge in [0.05, 0.1) is 19.3 Å². The number of aromatic nitrogens is 2. The predicted octanol–water partition coefficient (Wildman–Crippen LogP) is 8.78. The average molecular weight is 723 g/mol. The van der Waals surface area contributed by atoms with Crippen molar-refractivity contribution in [3.8, 4) is 0 Å². The van der Waals surface area contributed by atoms with Crippen LogP contribution in [0.2, 0.25) is 0 Å². The Hall–Kier alpha value is -1.01. The molecule has 0 spiro atoms. The number of aryl methyl sites for hydroxylation is 1. The molecule has 13 heteroatoms. The highest BCUT2D eigenvalue weighted by molar-refractivity contribution is 7.99. The van der Waals surface area contributed by atoms with Crippen LogP contribution in [-0.4, -0.2) is 64.2 Å². The highest BCUT2D eigenvalue weighted by Gasteiger charge is 2.39. The van der Waals surface area contributed by atoms with E-state index in [2.05, 4.69) is 18.8 Å². The van der Waals surface area contributed by atoms with E-state index in [1.165, 1.54) is 109 Å². The maximum absolute atomic E-state index is 14.7. The number of ether oxygens (including phenoxy) is 2. The van der Waals surface area contributed by atoms with Gasteiger partial charge < -0.3 is 14.4 Å². The van der Waals surface area contributed by atoms with Gasteiger partial charge in [-0.25, -0.2) is 13.8 Å². The molecule has 280 valence electrons. The zero-order chi connectivity index (χ0) is 35.0. The molecule has 0 saturated carbocycles. The molecule has 2 rings (SSSR count). The molecule has 10 nitrogen and oxygen atoms in total. The summed E-state index contributed by atoms with van der Waals surface area (Å²) in [6.07, 6.45) is 19.5. The lowest BCUT2D eigenvalue weighted by atomic mass is 10.1. The first-order valence-electron chi connectivity index (χ1n) is 18.6. The Labute approximate surface area is 292 Å². The molecule has 5 atom stereocenters. The summed E-state index contributed by atoms with van der Waals surface area (Å²) in [5, 5.41) is 0. The van der Waals surface area contributed by atoms with Crippen molar-refractivity contribution in [2.24, 2.45) is 0 Å². The van der Waals surface area contributed by atoms with E-state index in [4.69, 9.17) is 18.5 Å². The zero-order valence-corrected chi connectivity index (χ0v) is 31.6. The Morgan fingerprint density at radius 3 is 2.10 bits per heavy atom. The van der Waals surface area contributed by atoms with E-state index >= 15 is 0 Å². The fourth-order valence-corrected chi connectivity index (χ4v) is 7.52. The molecule has 1 aromatic heterocycles. The second-order valence-electron chi connectivity index (χ2n) is 13.1. The van der Waals surface area contributed by atoms with Gasteiger partial charge in [-0.15, -0.1) is 0 Å². The highest BCUT2D eigenvalue weighted by Crippen LogP contribution is 2.45. The molecule has 1 aromatic rings. The second-order valence-corrected chi connectivity index (χ2v) is 15.7. The van der Waals surface area contributed by atoms with E-state index in [0.717, 1.165) is 29.6 Å². The molecule has 2 heterocycles. The summed E-state index contributed by atoms with van der Waals surface area (Å²) in [5.41, 5.74) is -0.964. The number of phosphoric ester groups is 1. The Bertz CT molecular complexity index is 1140. The lowest BCUT2D eigenvalue weighted by molar-refractivity contribution is -0.0392. The minimum absolute atomic E-state index is 0.116. The van der Waals surface area contributed by atoms with Gasteiger partial charge in [-0.05, 0) is 25.5 Å². The van der Waals surface area contributed by atoms with E-state index in [1.807, 2.05) is 0 Å². The molecule has 0 bridgehead atoms. The Morgan fingerprint density at radius 1 is 0.938 bits per heavy atom. The van der Waals surface area contributed by atoms with Crippen LogP contribution in [0.25, 0.3) is 0 Å². The first-order chi connectivity index (χ1) is 23.2. The fourth-order valence-electron chi connectivity index (χ4n) is 5.73. The summed E-state index contributed by atoms with van der Waals surface area (Å²) in [7, 11) is -4.53.